The van der Waals surface area contributed by atoms with Crippen molar-refractivity contribution in [1.29, 1.82) is 0 Å². The molecule has 0 heterocycles. The highest BCUT2D eigenvalue weighted by atomic mass is 16.5. The lowest BCUT2D eigenvalue weighted by molar-refractivity contribution is -0.129. The van der Waals surface area contributed by atoms with Crippen LogP contribution in [0.5, 0.6) is 11.5 Å². The molecule has 2 aromatic rings. The monoisotopic (exact) mass is 313 g/mol. The van der Waals surface area contributed by atoms with Gasteiger partial charge in [0, 0.05) is 13.6 Å². The third kappa shape index (κ3) is 4.25. The van der Waals surface area contributed by atoms with E-state index in [1.54, 1.807) is 19.1 Å². The zero-order chi connectivity index (χ0) is 16.8. The van der Waals surface area contributed by atoms with Gasteiger partial charge < -0.3 is 14.4 Å². The first-order valence-corrected chi connectivity index (χ1v) is 7.54. The molecule has 0 bridgehead atoms. The van der Waals surface area contributed by atoms with E-state index in [0.717, 1.165) is 16.7 Å². The molecule has 0 saturated heterocycles. The van der Waals surface area contributed by atoms with Crippen LogP contribution in [0.2, 0.25) is 0 Å². The van der Waals surface area contributed by atoms with Gasteiger partial charge in [-0.3, -0.25) is 4.79 Å². The Hall–Kier alpha value is -2.49. The highest BCUT2D eigenvalue weighted by Gasteiger charge is 2.14. The highest BCUT2D eigenvalue weighted by Crippen LogP contribution is 2.30. The lowest BCUT2D eigenvalue weighted by atomic mass is 10.0. The SMILES string of the molecule is COc1cc(C)c(CC(=O)N(C)Cc2ccccc2)cc1OC. The second-order valence-electron chi connectivity index (χ2n) is 5.55. The number of rotatable bonds is 6. The fourth-order valence-corrected chi connectivity index (χ4v) is 2.46. The Morgan fingerprint density at radius 3 is 2.26 bits per heavy atom. The van der Waals surface area contributed by atoms with Crippen molar-refractivity contribution in [2.45, 2.75) is 19.9 Å². The number of hydrogen-bond donors (Lipinski definition) is 0. The lowest BCUT2D eigenvalue weighted by Crippen LogP contribution is -2.27. The molecule has 0 unspecified atom stereocenters. The summed E-state index contributed by atoms with van der Waals surface area (Å²) in [5, 5.41) is 0. The standard InChI is InChI=1S/C19H23NO3/c1-14-10-17(22-3)18(23-4)11-16(14)12-19(21)20(2)13-15-8-6-5-7-9-15/h5-11H,12-13H2,1-4H3. The fourth-order valence-electron chi connectivity index (χ4n) is 2.46. The minimum atomic E-state index is 0.0733. The fraction of sp³-hybridized carbons (Fsp3) is 0.316. The number of ether oxygens (including phenoxy) is 2. The van der Waals surface area contributed by atoms with Crippen LogP contribution < -0.4 is 9.47 Å². The van der Waals surface area contributed by atoms with Crippen molar-refractivity contribution in [3.05, 3.63) is 59.2 Å². The lowest BCUT2D eigenvalue weighted by Gasteiger charge is -2.19. The maximum Gasteiger partial charge on any atom is 0.227 e. The molecule has 0 N–H and O–H groups in total. The number of likely N-dealkylation sites (N-methyl/N-ethyl adjacent to an activating group) is 1. The molecule has 0 radical (unpaired) electrons. The number of nitrogens with zero attached hydrogens (tertiary/aromatic N) is 1. The van der Waals surface area contributed by atoms with Crippen molar-refractivity contribution < 1.29 is 14.3 Å². The minimum absolute atomic E-state index is 0.0733. The first-order chi connectivity index (χ1) is 11.0. The number of amides is 1. The van der Waals surface area contributed by atoms with Gasteiger partial charge in [0.1, 0.15) is 0 Å². The molecular weight excluding hydrogens is 290 g/mol. The van der Waals surface area contributed by atoms with Crippen molar-refractivity contribution in [1.82, 2.24) is 4.90 Å². The molecule has 2 aromatic carbocycles. The summed E-state index contributed by atoms with van der Waals surface area (Å²) in [5.41, 5.74) is 3.09. The van der Waals surface area contributed by atoms with Gasteiger partial charge in [-0.1, -0.05) is 30.3 Å². The van der Waals surface area contributed by atoms with Gasteiger partial charge in [0.25, 0.3) is 0 Å². The second kappa shape index (κ2) is 7.68. The van der Waals surface area contributed by atoms with E-state index in [1.807, 2.05) is 56.4 Å². The Morgan fingerprint density at radius 2 is 1.65 bits per heavy atom. The number of methoxy groups -OCH3 is 2. The van der Waals surface area contributed by atoms with E-state index in [0.29, 0.717) is 24.5 Å². The molecule has 23 heavy (non-hydrogen) atoms. The Kier molecular flexibility index (Phi) is 5.63. The van der Waals surface area contributed by atoms with Crippen molar-refractivity contribution >= 4 is 5.91 Å². The van der Waals surface area contributed by atoms with Crippen LogP contribution in [-0.4, -0.2) is 32.1 Å². The molecule has 0 aliphatic rings. The van der Waals surface area contributed by atoms with Gasteiger partial charge in [0.05, 0.1) is 20.6 Å². The number of carbonyl (C=O) groups is 1. The molecule has 0 aromatic heterocycles. The predicted molar refractivity (Wildman–Crippen MR) is 90.9 cm³/mol. The van der Waals surface area contributed by atoms with E-state index in [4.69, 9.17) is 9.47 Å². The van der Waals surface area contributed by atoms with Gasteiger partial charge >= 0.3 is 0 Å². The molecule has 4 nitrogen and oxygen atoms in total. The molecule has 2 rings (SSSR count). The van der Waals surface area contributed by atoms with Crippen molar-refractivity contribution in [3.8, 4) is 11.5 Å². The summed E-state index contributed by atoms with van der Waals surface area (Å²) in [6, 6.07) is 13.7. The molecule has 0 atom stereocenters. The summed E-state index contributed by atoms with van der Waals surface area (Å²) < 4.78 is 10.6. The molecule has 1 amide bonds. The Balaban J connectivity index is 2.10. The van der Waals surface area contributed by atoms with Gasteiger partial charge in [0.2, 0.25) is 5.91 Å². The summed E-state index contributed by atoms with van der Waals surface area (Å²) in [6.45, 7) is 2.58. The summed E-state index contributed by atoms with van der Waals surface area (Å²) in [5.74, 6) is 1.40. The summed E-state index contributed by atoms with van der Waals surface area (Å²) in [7, 11) is 5.03. The first kappa shape index (κ1) is 16.9. The number of aryl methyl sites for hydroxylation is 1. The third-order valence-corrected chi connectivity index (χ3v) is 3.87. The highest BCUT2D eigenvalue weighted by molar-refractivity contribution is 5.79. The number of carbonyl (C=O) groups excluding carboxylic acids is 1. The average Bonchev–Trinajstić information content (AvgIpc) is 2.57. The molecule has 0 fully saturated rings. The van der Waals surface area contributed by atoms with Crippen LogP contribution in [0.3, 0.4) is 0 Å². The van der Waals surface area contributed by atoms with Crippen LogP contribution in [0.1, 0.15) is 16.7 Å². The smallest absolute Gasteiger partial charge is 0.227 e. The van der Waals surface area contributed by atoms with E-state index in [9.17, 15) is 4.79 Å². The Bertz CT molecular complexity index is 668. The molecular formula is C19H23NO3. The van der Waals surface area contributed by atoms with Crippen molar-refractivity contribution in [3.63, 3.8) is 0 Å². The first-order valence-electron chi connectivity index (χ1n) is 7.54. The van der Waals surface area contributed by atoms with Gasteiger partial charge in [-0.2, -0.15) is 0 Å². The summed E-state index contributed by atoms with van der Waals surface area (Å²) in [4.78, 5) is 14.2. The summed E-state index contributed by atoms with van der Waals surface area (Å²) in [6.07, 6.45) is 0.343. The van der Waals surface area contributed by atoms with E-state index in [2.05, 4.69) is 0 Å². The van der Waals surface area contributed by atoms with Crippen molar-refractivity contribution in [2.24, 2.45) is 0 Å². The Morgan fingerprint density at radius 1 is 1.04 bits per heavy atom. The van der Waals surface area contributed by atoms with E-state index in [-0.39, 0.29) is 5.91 Å². The zero-order valence-corrected chi connectivity index (χ0v) is 14.1. The van der Waals surface area contributed by atoms with Crippen LogP contribution in [0.25, 0.3) is 0 Å². The number of hydrogen-bond acceptors (Lipinski definition) is 3. The molecule has 0 aliphatic heterocycles. The average molecular weight is 313 g/mol. The van der Waals surface area contributed by atoms with E-state index in [1.165, 1.54) is 0 Å². The van der Waals surface area contributed by atoms with Gasteiger partial charge in [-0.15, -0.1) is 0 Å². The zero-order valence-electron chi connectivity index (χ0n) is 14.1. The van der Waals surface area contributed by atoms with E-state index >= 15 is 0 Å². The normalized spacial score (nSPS) is 10.3. The molecule has 122 valence electrons. The van der Waals surface area contributed by atoms with Crippen molar-refractivity contribution in [2.75, 3.05) is 21.3 Å². The largest absolute Gasteiger partial charge is 0.493 e. The molecule has 0 aliphatic carbocycles. The molecule has 0 saturated carbocycles. The van der Waals surface area contributed by atoms with Crippen LogP contribution in [0.4, 0.5) is 0 Å². The molecule has 0 spiro atoms. The van der Waals surface area contributed by atoms with Crippen LogP contribution in [0.15, 0.2) is 42.5 Å². The van der Waals surface area contributed by atoms with Crippen LogP contribution >= 0.6 is 0 Å². The molecule has 4 heteroatoms. The summed E-state index contributed by atoms with van der Waals surface area (Å²) >= 11 is 0. The van der Waals surface area contributed by atoms with E-state index < -0.39 is 0 Å². The van der Waals surface area contributed by atoms with Gasteiger partial charge in [-0.25, -0.2) is 0 Å². The Labute approximate surface area is 137 Å². The predicted octanol–water partition coefficient (Wildman–Crippen LogP) is 3.21. The van der Waals surface area contributed by atoms with Crippen LogP contribution in [0, 0.1) is 6.92 Å². The van der Waals surface area contributed by atoms with Crippen LogP contribution in [-0.2, 0) is 17.8 Å². The maximum atomic E-state index is 12.5. The quantitative estimate of drug-likeness (QED) is 0.822. The topological polar surface area (TPSA) is 38.8 Å². The maximum absolute atomic E-state index is 12.5. The van der Waals surface area contributed by atoms with Gasteiger partial charge in [0.15, 0.2) is 11.5 Å². The third-order valence-electron chi connectivity index (χ3n) is 3.87. The number of benzene rings is 2. The van der Waals surface area contributed by atoms with Gasteiger partial charge in [-0.05, 0) is 35.7 Å². The second-order valence-corrected chi connectivity index (χ2v) is 5.55. The minimum Gasteiger partial charge on any atom is -0.493 e.